The van der Waals surface area contributed by atoms with Crippen molar-refractivity contribution in [3.05, 3.63) is 41.6 Å². The highest BCUT2D eigenvalue weighted by atomic mass is 16.4. The van der Waals surface area contributed by atoms with Crippen LogP contribution in [0.2, 0.25) is 0 Å². The number of carbonyl (C=O) groups is 2. The SMILES string of the molecule is N#C/C(=C/N1CCCc2ccccc21)C(=O)N1CCC(C(=O)O)CC1. The van der Waals surface area contributed by atoms with Gasteiger partial charge in [-0.15, -0.1) is 0 Å². The monoisotopic (exact) mass is 339 g/mol. The number of amides is 1. The van der Waals surface area contributed by atoms with Crippen LogP contribution in [0, 0.1) is 17.2 Å². The number of nitriles is 1. The number of likely N-dealkylation sites (tertiary alicyclic amines) is 1. The van der Waals surface area contributed by atoms with Crippen LogP contribution in [0.3, 0.4) is 0 Å². The van der Waals surface area contributed by atoms with Gasteiger partial charge in [0.1, 0.15) is 11.6 Å². The van der Waals surface area contributed by atoms with Crippen molar-refractivity contribution in [2.75, 3.05) is 24.5 Å². The van der Waals surface area contributed by atoms with E-state index in [-0.39, 0.29) is 11.5 Å². The lowest BCUT2D eigenvalue weighted by Gasteiger charge is -2.31. The van der Waals surface area contributed by atoms with E-state index in [0.29, 0.717) is 25.9 Å². The fraction of sp³-hybridized carbons (Fsp3) is 0.421. The normalized spacial score (nSPS) is 18.4. The number of fused-ring (bicyclic) bond motifs is 1. The number of hydrogen-bond donors (Lipinski definition) is 1. The number of nitrogens with zero attached hydrogens (tertiary/aromatic N) is 3. The second-order valence-corrected chi connectivity index (χ2v) is 6.48. The van der Waals surface area contributed by atoms with Gasteiger partial charge in [-0.25, -0.2) is 0 Å². The molecule has 0 atom stereocenters. The van der Waals surface area contributed by atoms with Crippen molar-refractivity contribution in [2.45, 2.75) is 25.7 Å². The molecule has 1 saturated heterocycles. The molecule has 0 aromatic heterocycles. The maximum Gasteiger partial charge on any atom is 0.306 e. The zero-order valence-corrected chi connectivity index (χ0v) is 14.0. The minimum atomic E-state index is -0.812. The molecule has 25 heavy (non-hydrogen) atoms. The fourth-order valence-corrected chi connectivity index (χ4v) is 3.48. The molecule has 2 heterocycles. The summed E-state index contributed by atoms with van der Waals surface area (Å²) in [5.41, 5.74) is 2.36. The number of piperidine rings is 1. The predicted molar refractivity (Wildman–Crippen MR) is 92.7 cm³/mol. The van der Waals surface area contributed by atoms with Gasteiger partial charge in [0.2, 0.25) is 0 Å². The highest BCUT2D eigenvalue weighted by Crippen LogP contribution is 2.27. The average Bonchev–Trinajstić information content (AvgIpc) is 2.65. The Morgan fingerprint density at radius 2 is 1.92 bits per heavy atom. The van der Waals surface area contributed by atoms with Crippen LogP contribution in [-0.2, 0) is 16.0 Å². The number of carbonyl (C=O) groups excluding carboxylic acids is 1. The Bertz CT molecular complexity index is 743. The molecular formula is C19H21N3O3. The van der Waals surface area contributed by atoms with Crippen LogP contribution in [0.25, 0.3) is 0 Å². The zero-order chi connectivity index (χ0) is 17.8. The fourth-order valence-electron chi connectivity index (χ4n) is 3.48. The van der Waals surface area contributed by atoms with E-state index in [1.165, 1.54) is 5.56 Å². The molecule has 130 valence electrons. The largest absolute Gasteiger partial charge is 0.481 e. The number of para-hydroxylation sites is 1. The summed E-state index contributed by atoms with van der Waals surface area (Å²) in [6.45, 7) is 1.54. The molecule has 1 N–H and O–H groups in total. The molecule has 0 unspecified atom stereocenters. The van der Waals surface area contributed by atoms with E-state index in [0.717, 1.165) is 25.1 Å². The quantitative estimate of drug-likeness (QED) is 0.674. The molecular weight excluding hydrogens is 318 g/mol. The lowest BCUT2D eigenvalue weighted by Crippen LogP contribution is -2.41. The van der Waals surface area contributed by atoms with Crippen molar-refractivity contribution in [3.8, 4) is 6.07 Å². The minimum absolute atomic E-state index is 0.102. The average molecular weight is 339 g/mol. The zero-order valence-electron chi connectivity index (χ0n) is 14.0. The third-order valence-electron chi connectivity index (χ3n) is 4.91. The highest BCUT2D eigenvalue weighted by Gasteiger charge is 2.29. The predicted octanol–water partition coefficient (Wildman–Crippen LogP) is 2.17. The molecule has 2 aliphatic rings. The number of hydrogen-bond acceptors (Lipinski definition) is 4. The maximum absolute atomic E-state index is 12.7. The second kappa shape index (κ2) is 7.39. The first-order chi connectivity index (χ1) is 12.1. The van der Waals surface area contributed by atoms with Crippen molar-refractivity contribution < 1.29 is 14.7 Å². The molecule has 0 spiro atoms. The van der Waals surface area contributed by atoms with Crippen molar-refractivity contribution in [2.24, 2.45) is 5.92 Å². The van der Waals surface area contributed by atoms with E-state index >= 15 is 0 Å². The van der Waals surface area contributed by atoms with Gasteiger partial charge in [-0.3, -0.25) is 9.59 Å². The van der Waals surface area contributed by atoms with Crippen LogP contribution < -0.4 is 4.90 Å². The molecule has 1 aromatic rings. The third-order valence-corrected chi connectivity index (χ3v) is 4.91. The van der Waals surface area contributed by atoms with E-state index in [9.17, 15) is 14.9 Å². The first kappa shape index (κ1) is 17.0. The van der Waals surface area contributed by atoms with E-state index in [2.05, 4.69) is 6.07 Å². The Kier molecular flexibility index (Phi) is 5.03. The number of anilines is 1. The first-order valence-electron chi connectivity index (χ1n) is 8.58. The van der Waals surface area contributed by atoms with Gasteiger partial charge in [0.25, 0.3) is 5.91 Å². The van der Waals surface area contributed by atoms with Crippen molar-refractivity contribution in [1.29, 1.82) is 5.26 Å². The van der Waals surface area contributed by atoms with Crippen LogP contribution in [0.15, 0.2) is 36.0 Å². The van der Waals surface area contributed by atoms with Crippen LogP contribution in [0.4, 0.5) is 5.69 Å². The summed E-state index contributed by atoms with van der Waals surface area (Å²) < 4.78 is 0. The number of rotatable bonds is 3. The number of aryl methyl sites for hydroxylation is 1. The first-order valence-corrected chi connectivity index (χ1v) is 8.58. The van der Waals surface area contributed by atoms with Gasteiger partial charge in [-0.1, -0.05) is 18.2 Å². The Balaban J connectivity index is 1.75. The molecule has 3 rings (SSSR count). The van der Waals surface area contributed by atoms with Crippen LogP contribution >= 0.6 is 0 Å². The Labute approximate surface area is 147 Å². The molecule has 0 radical (unpaired) electrons. The number of carboxylic acids is 1. The summed E-state index contributed by atoms with van der Waals surface area (Å²) >= 11 is 0. The maximum atomic E-state index is 12.7. The van der Waals surface area contributed by atoms with Gasteiger partial charge in [0.15, 0.2) is 0 Å². The number of aliphatic carboxylic acids is 1. The topological polar surface area (TPSA) is 84.6 Å². The Hall–Kier alpha value is -2.81. The van der Waals surface area contributed by atoms with Crippen molar-refractivity contribution in [3.63, 3.8) is 0 Å². The standard InChI is InChI=1S/C19H21N3O3/c20-12-16(18(23)21-10-7-15(8-11-21)19(24)25)13-22-9-3-5-14-4-1-2-6-17(14)22/h1-2,4,6,13,15H,3,5,7-11H2,(H,24,25)/b16-13-. The summed E-state index contributed by atoms with van der Waals surface area (Å²) in [4.78, 5) is 27.2. The van der Waals surface area contributed by atoms with E-state index in [4.69, 9.17) is 5.11 Å². The second-order valence-electron chi connectivity index (χ2n) is 6.48. The molecule has 0 bridgehead atoms. The van der Waals surface area contributed by atoms with Gasteiger partial charge in [0, 0.05) is 31.5 Å². The van der Waals surface area contributed by atoms with Crippen molar-refractivity contribution in [1.82, 2.24) is 4.90 Å². The summed E-state index contributed by atoms with van der Waals surface area (Å²) in [6, 6.07) is 10.0. The van der Waals surface area contributed by atoms with Gasteiger partial charge >= 0.3 is 5.97 Å². The number of benzene rings is 1. The summed E-state index contributed by atoms with van der Waals surface area (Å²) in [5.74, 6) is -1.52. The molecule has 1 aromatic carbocycles. The minimum Gasteiger partial charge on any atom is -0.481 e. The van der Waals surface area contributed by atoms with Gasteiger partial charge in [-0.2, -0.15) is 5.26 Å². The molecule has 0 aliphatic carbocycles. The van der Waals surface area contributed by atoms with Crippen molar-refractivity contribution >= 4 is 17.6 Å². The van der Waals surface area contributed by atoms with Gasteiger partial charge in [-0.05, 0) is 37.3 Å². The summed E-state index contributed by atoms with van der Waals surface area (Å²) in [5, 5.41) is 18.5. The lowest BCUT2D eigenvalue weighted by molar-refractivity contribution is -0.145. The summed E-state index contributed by atoms with van der Waals surface area (Å²) in [7, 11) is 0. The molecule has 6 nitrogen and oxygen atoms in total. The van der Waals surface area contributed by atoms with Gasteiger partial charge in [0.05, 0.1) is 5.92 Å². The van der Waals surface area contributed by atoms with E-state index in [1.54, 1.807) is 11.1 Å². The number of carboxylic acid groups (broad SMARTS) is 1. The van der Waals surface area contributed by atoms with Crippen LogP contribution in [0.5, 0.6) is 0 Å². The Morgan fingerprint density at radius 1 is 1.20 bits per heavy atom. The lowest BCUT2D eigenvalue weighted by atomic mass is 9.96. The van der Waals surface area contributed by atoms with Crippen LogP contribution in [0.1, 0.15) is 24.8 Å². The molecule has 6 heteroatoms. The smallest absolute Gasteiger partial charge is 0.306 e. The molecule has 0 saturated carbocycles. The molecule has 2 aliphatic heterocycles. The summed E-state index contributed by atoms with van der Waals surface area (Å²) in [6.07, 6.45) is 4.49. The van der Waals surface area contributed by atoms with Crippen LogP contribution in [-0.4, -0.2) is 41.5 Å². The molecule has 1 fully saturated rings. The van der Waals surface area contributed by atoms with E-state index < -0.39 is 11.9 Å². The third kappa shape index (κ3) is 3.66. The molecule has 1 amide bonds. The van der Waals surface area contributed by atoms with E-state index in [1.807, 2.05) is 29.2 Å². The highest BCUT2D eigenvalue weighted by molar-refractivity contribution is 5.97. The Morgan fingerprint density at radius 3 is 2.60 bits per heavy atom. The van der Waals surface area contributed by atoms with Gasteiger partial charge < -0.3 is 14.9 Å².